The third-order valence-electron chi connectivity index (χ3n) is 4.71. The Bertz CT molecular complexity index is 1250. The van der Waals surface area contributed by atoms with Crippen molar-refractivity contribution < 1.29 is 27.4 Å². The average Bonchev–Trinajstić information content (AvgIpc) is 2.75. The van der Waals surface area contributed by atoms with E-state index in [9.17, 15) is 18.0 Å². The lowest BCUT2D eigenvalue weighted by Crippen LogP contribution is -2.34. The molecule has 13 heteroatoms. The number of nitrogens with zero attached hydrogens (tertiary/aromatic N) is 3. The topological polar surface area (TPSA) is 98.3 Å². The highest BCUT2D eigenvalue weighted by atomic mass is 79.9. The lowest BCUT2D eigenvalue weighted by molar-refractivity contribution is -0.139. The summed E-state index contributed by atoms with van der Waals surface area (Å²) in [6.07, 6.45) is -3.86. The van der Waals surface area contributed by atoms with E-state index in [1.54, 1.807) is 33.8 Å². The number of carbonyl (C=O) groups is 1. The molecule has 3 aromatic rings. The highest BCUT2D eigenvalue weighted by Gasteiger charge is 2.36. The second-order valence-corrected chi connectivity index (χ2v) is 9.88. The summed E-state index contributed by atoms with van der Waals surface area (Å²) in [5, 5.41) is 6.09. The summed E-state index contributed by atoms with van der Waals surface area (Å²) < 4.78 is 52.6. The van der Waals surface area contributed by atoms with Crippen molar-refractivity contribution in [2.45, 2.75) is 45.5 Å². The molecule has 0 aliphatic rings. The normalized spacial score (nSPS) is 12.8. The minimum atomic E-state index is -4.66. The molecule has 0 saturated carbocycles. The summed E-state index contributed by atoms with van der Waals surface area (Å²) in [5.74, 6) is -0.0427. The molecule has 0 radical (unpaired) electrons. The van der Waals surface area contributed by atoms with Crippen LogP contribution in [0.2, 0.25) is 5.28 Å². The van der Waals surface area contributed by atoms with Gasteiger partial charge in [0.1, 0.15) is 28.4 Å². The number of amides is 1. The standard InChI is InChI=1S/C23H24BrClF3N5O3/c1-12(31-19-14-10-17(24)30-11-16(14)32-20(25)33-19)13-6-5-7-15(23(26,27)28)18(13)35-9-8-29-21(34)36-22(2,3)4/h5-7,10-12H,8-9H2,1-4H3,(H,29,34)(H,31,32,33)/t12-/m1/s1. The van der Waals surface area contributed by atoms with Gasteiger partial charge in [-0.3, -0.25) is 0 Å². The van der Waals surface area contributed by atoms with Crippen molar-refractivity contribution in [2.75, 3.05) is 18.5 Å². The van der Waals surface area contributed by atoms with E-state index in [1.807, 2.05) is 0 Å². The maximum Gasteiger partial charge on any atom is 0.419 e. The van der Waals surface area contributed by atoms with E-state index in [-0.39, 0.29) is 29.7 Å². The van der Waals surface area contributed by atoms with Crippen LogP contribution in [0.3, 0.4) is 0 Å². The number of alkyl carbamates (subject to hydrolysis) is 1. The summed E-state index contributed by atoms with van der Waals surface area (Å²) in [4.78, 5) is 24.3. The Kier molecular flexibility index (Phi) is 8.50. The molecule has 0 saturated heterocycles. The maximum absolute atomic E-state index is 13.8. The van der Waals surface area contributed by atoms with Gasteiger partial charge in [0.25, 0.3) is 0 Å². The molecule has 0 spiro atoms. The largest absolute Gasteiger partial charge is 0.491 e. The monoisotopic (exact) mass is 589 g/mol. The van der Waals surface area contributed by atoms with Gasteiger partial charge in [-0.2, -0.15) is 13.2 Å². The first-order valence-electron chi connectivity index (χ1n) is 10.8. The molecule has 0 unspecified atom stereocenters. The van der Waals surface area contributed by atoms with Crippen molar-refractivity contribution in [1.29, 1.82) is 0 Å². The fourth-order valence-corrected chi connectivity index (χ4v) is 3.78. The third-order valence-corrected chi connectivity index (χ3v) is 5.31. The number of halogens is 5. The first-order valence-corrected chi connectivity index (χ1v) is 12.0. The molecule has 2 N–H and O–H groups in total. The van der Waals surface area contributed by atoms with E-state index < -0.39 is 29.5 Å². The number of hydrogen-bond donors (Lipinski definition) is 2. The quantitative estimate of drug-likeness (QED) is 0.183. The number of benzene rings is 1. The molecule has 1 aromatic carbocycles. The van der Waals surface area contributed by atoms with Crippen LogP contribution in [0.5, 0.6) is 5.75 Å². The highest BCUT2D eigenvalue weighted by molar-refractivity contribution is 9.10. The van der Waals surface area contributed by atoms with E-state index in [1.165, 1.54) is 18.3 Å². The molecule has 3 rings (SSSR count). The van der Waals surface area contributed by atoms with Crippen molar-refractivity contribution in [3.05, 3.63) is 51.5 Å². The minimum absolute atomic E-state index is 0.0462. The SMILES string of the molecule is C[C@@H](Nc1nc(Cl)nc2cnc(Br)cc12)c1cccc(C(F)(F)F)c1OCCNC(=O)OC(C)(C)C. The number of aromatic nitrogens is 3. The van der Waals surface area contributed by atoms with E-state index in [4.69, 9.17) is 21.1 Å². The van der Waals surface area contributed by atoms with Gasteiger partial charge < -0.3 is 20.1 Å². The molecule has 0 aliphatic heterocycles. The second-order valence-electron chi connectivity index (χ2n) is 8.73. The highest BCUT2D eigenvalue weighted by Crippen LogP contribution is 2.41. The number of ether oxygens (including phenoxy) is 2. The van der Waals surface area contributed by atoms with Crippen LogP contribution in [0, 0.1) is 0 Å². The van der Waals surface area contributed by atoms with Gasteiger partial charge in [0.05, 0.1) is 29.9 Å². The Morgan fingerprint density at radius 3 is 2.61 bits per heavy atom. The first kappa shape index (κ1) is 27.7. The van der Waals surface area contributed by atoms with E-state index in [0.717, 1.165) is 6.07 Å². The Hall–Kier alpha value is -2.86. The Morgan fingerprint density at radius 2 is 1.94 bits per heavy atom. The zero-order valence-corrected chi connectivity index (χ0v) is 22.2. The van der Waals surface area contributed by atoms with Crippen molar-refractivity contribution in [3.8, 4) is 5.75 Å². The Balaban J connectivity index is 1.86. The first-order chi connectivity index (χ1) is 16.7. The summed E-state index contributed by atoms with van der Waals surface area (Å²) in [6.45, 7) is 6.49. The Morgan fingerprint density at radius 1 is 1.22 bits per heavy atom. The second kappa shape index (κ2) is 11.0. The molecule has 0 aliphatic carbocycles. The van der Waals surface area contributed by atoms with Crippen LogP contribution < -0.4 is 15.4 Å². The number of nitrogens with one attached hydrogen (secondary N) is 2. The van der Waals surface area contributed by atoms with Gasteiger partial charge >= 0.3 is 12.3 Å². The van der Waals surface area contributed by atoms with Crippen LogP contribution in [0.4, 0.5) is 23.8 Å². The predicted octanol–water partition coefficient (Wildman–Crippen LogP) is 6.54. The average molecular weight is 591 g/mol. The lowest BCUT2D eigenvalue weighted by Gasteiger charge is -2.23. The van der Waals surface area contributed by atoms with Crippen molar-refractivity contribution in [1.82, 2.24) is 20.3 Å². The van der Waals surface area contributed by atoms with Crippen LogP contribution in [0.25, 0.3) is 10.9 Å². The van der Waals surface area contributed by atoms with Crippen LogP contribution in [-0.4, -0.2) is 39.8 Å². The van der Waals surface area contributed by atoms with Crippen molar-refractivity contribution in [2.24, 2.45) is 0 Å². The number of fused-ring (bicyclic) bond motifs is 1. The number of para-hydroxylation sites is 1. The summed E-state index contributed by atoms with van der Waals surface area (Å²) >= 11 is 9.33. The van der Waals surface area contributed by atoms with Crippen LogP contribution >= 0.6 is 27.5 Å². The van der Waals surface area contributed by atoms with Gasteiger partial charge in [-0.15, -0.1) is 0 Å². The summed E-state index contributed by atoms with van der Waals surface area (Å²) in [7, 11) is 0. The number of carbonyl (C=O) groups excluding carboxylic acids is 1. The van der Waals surface area contributed by atoms with E-state index in [2.05, 4.69) is 41.5 Å². The molecule has 1 atom stereocenters. The van der Waals surface area contributed by atoms with Crippen LogP contribution in [0.15, 0.2) is 35.1 Å². The molecule has 194 valence electrons. The molecule has 0 bridgehead atoms. The fraction of sp³-hybridized carbons (Fsp3) is 0.391. The number of alkyl halides is 3. The van der Waals surface area contributed by atoms with Gasteiger partial charge in [-0.1, -0.05) is 12.1 Å². The minimum Gasteiger partial charge on any atom is -0.491 e. The zero-order chi connectivity index (χ0) is 26.7. The van der Waals surface area contributed by atoms with Gasteiger partial charge in [-0.25, -0.2) is 19.7 Å². The number of hydrogen-bond acceptors (Lipinski definition) is 7. The molecule has 2 aromatic heterocycles. The van der Waals surface area contributed by atoms with Crippen molar-refractivity contribution in [3.63, 3.8) is 0 Å². The summed E-state index contributed by atoms with van der Waals surface area (Å²) in [5.41, 5.74) is -0.954. The zero-order valence-electron chi connectivity index (χ0n) is 19.8. The van der Waals surface area contributed by atoms with Crippen molar-refractivity contribution >= 4 is 50.3 Å². The van der Waals surface area contributed by atoms with Gasteiger partial charge in [0.15, 0.2) is 0 Å². The number of anilines is 1. The number of pyridine rings is 1. The third kappa shape index (κ3) is 7.33. The molecule has 36 heavy (non-hydrogen) atoms. The van der Waals surface area contributed by atoms with E-state index in [0.29, 0.717) is 21.3 Å². The molecule has 1 amide bonds. The van der Waals surface area contributed by atoms with Gasteiger partial charge in [-0.05, 0) is 67.4 Å². The number of rotatable bonds is 7. The van der Waals surface area contributed by atoms with E-state index >= 15 is 0 Å². The van der Waals surface area contributed by atoms with Crippen LogP contribution in [-0.2, 0) is 10.9 Å². The van der Waals surface area contributed by atoms with Gasteiger partial charge in [0, 0.05) is 10.9 Å². The molecular formula is C23H24BrClF3N5O3. The Labute approximate surface area is 219 Å². The van der Waals surface area contributed by atoms with Gasteiger partial charge in [0.2, 0.25) is 5.28 Å². The maximum atomic E-state index is 13.8. The fourth-order valence-electron chi connectivity index (χ4n) is 3.27. The molecule has 2 heterocycles. The predicted molar refractivity (Wildman–Crippen MR) is 133 cm³/mol. The smallest absolute Gasteiger partial charge is 0.419 e. The summed E-state index contributed by atoms with van der Waals surface area (Å²) in [6, 6.07) is 4.75. The molecule has 8 nitrogen and oxygen atoms in total. The molecule has 0 fully saturated rings. The lowest BCUT2D eigenvalue weighted by atomic mass is 10.0. The van der Waals surface area contributed by atoms with Crippen LogP contribution in [0.1, 0.15) is 44.9 Å². The molecular weight excluding hydrogens is 567 g/mol.